The molecule has 4 aliphatic rings. The Morgan fingerprint density at radius 3 is 2.51 bits per heavy atom. The van der Waals surface area contributed by atoms with Crippen LogP contribution in [-0.2, 0) is 34.3 Å². The molecule has 3 fully saturated rings. The molecular weight excluding hydrogens is 767 g/mol. The Morgan fingerprint density at radius 2 is 1.71 bits per heavy atom. The van der Waals surface area contributed by atoms with Gasteiger partial charge < -0.3 is 19.9 Å². The summed E-state index contributed by atoms with van der Waals surface area (Å²) >= 11 is 0. The van der Waals surface area contributed by atoms with Gasteiger partial charge in [0, 0.05) is 67.3 Å². The van der Waals surface area contributed by atoms with Gasteiger partial charge in [0.1, 0.15) is 11.6 Å². The van der Waals surface area contributed by atoms with Crippen LogP contribution in [-0.4, -0.2) is 88.8 Å². The normalized spacial score (nSPS) is 20.8. The lowest BCUT2D eigenvalue weighted by Crippen LogP contribution is -2.38. The van der Waals surface area contributed by atoms with Crippen molar-refractivity contribution in [3.8, 4) is 22.9 Å². The number of hydrogen-bond donors (Lipinski definition) is 3. The van der Waals surface area contributed by atoms with Gasteiger partial charge in [-0.1, -0.05) is 30.3 Å². The van der Waals surface area contributed by atoms with Crippen LogP contribution in [0.1, 0.15) is 71.6 Å². The first kappa shape index (κ1) is 39.3. The number of hydrogen-bond acceptors (Lipinski definition) is 12. The molecule has 2 aliphatic carbocycles. The fourth-order valence-corrected chi connectivity index (χ4v) is 10.3. The van der Waals surface area contributed by atoms with Crippen molar-refractivity contribution < 1.29 is 27.8 Å². The second-order valence-electron chi connectivity index (χ2n) is 16.6. The smallest absolute Gasteiger partial charge is 0.237 e. The van der Waals surface area contributed by atoms with Crippen molar-refractivity contribution in [1.82, 2.24) is 29.5 Å². The lowest BCUT2D eigenvalue weighted by Gasteiger charge is -2.20. The summed E-state index contributed by atoms with van der Waals surface area (Å²) in [7, 11) is -1.91. The van der Waals surface area contributed by atoms with E-state index in [1.807, 2.05) is 19.2 Å². The lowest BCUT2D eigenvalue weighted by atomic mass is 9.93. The Morgan fingerprint density at radius 1 is 0.915 bits per heavy atom. The minimum atomic E-state index is -3.55. The number of sulfonamides is 1. The van der Waals surface area contributed by atoms with Gasteiger partial charge in [0.25, 0.3) is 0 Å². The summed E-state index contributed by atoms with van der Waals surface area (Å²) in [5.41, 5.74) is 10.5. The van der Waals surface area contributed by atoms with E-state index in [4.69, 9.17) is 24.4 Å². The number of benzene rings is 2. The number of ether oxygens (including phenoxy) is 2. The summed E-state index contributed by atoms with van der Waals surface area (Å²) in [5, 5.41) is 14.1. The Hall–Kier alpha value is -5.15. The second kappa shape index (κ2) is 16.1. The van der Waals surface area contributed by atoms with Crippen LogP contribution < -0.4 is 19.5 Å². The number of β-amino-alcohol motifs (C(OH)–C–C–N with tert-alkyl or cyclic N) is 1. The molecule has 5 aromatic rings. The summed E-state index contributed by atoms with van der Waals surface area (Å²) in [6.07, 6.45) is 7.60. The maximum absolute atomic E-state index is 12.7. The molecule has 0 unspecified atom stereocenters. The molecule has 1 saturated carbocycles. The van der Waals surface area contributed by atoms with Crippen LogP contribution >= 0.6 is 0 Å². The van der Waals surface area contributed by atoms with E-state index in [2.05, 4.69) is 75.3 Å². The predicted molar refractivity (Wildman–Crippen MR) is 226 cm³/mol. The molecule has 2 aliphatic heterocycles. The Bertz CT molecular complexity index is 2530. The molecule has 0 radical (unpaired) electrons. The van der Waals surface area contributed by atoms with E-state index in [0.29, 0.717) is 69.6 Å². The molecule has 2 saturated heterocycles. The molecule has 5 heterocycles. The molecule has 3 aromatic heterocycles. The number of anilines is 2. The van der Waals surface area contributed by atoms with E-state index in [-0.39, 0.29) is 18.1 Å². The van der Waals surface area contributed by atoms with Crippen LogP contribution in [0.5, 0.6) is 11.8 Å². The van der Waals surface area contributed by atoms with Crippen LogP contribution in [0.15, 0.2) is 67.0 Å². The van der Waals surface area contributed by atoms with Crippen LogP contribution in [0.3, 0.4) is 0 Å². The largest absolute Gasteiger partial charge is 0.481 e. The van der Waals surface area contributed by atoms with Crippen LogP contribution in [0.4, 0.5) is 11.5 Å². The molecule has 9 rings (SSSR count). The SMILES string of the molecule is COc1nc(O[C@@H]2CCc3c(-c4cccc(Nc5nccc6cc(CN7CC[C@@H](C(=O)NS(=O)(=O)C8CC8)C7)cnc56)c4C)cccc32)c(C)cc1CN1CC[C@@H](O)C1. The van der Waals surface area contributed by atoms with Crippen molar-refractivity contribution in [3.63, 3.8) is 0 Å². The van der Waals surface area contributed by atoms with Gasteiger partial charge in [0.15, 0.2) is 5.82 Å². The van der Waals surface area contributed by atoms with Crippen molar-refractivity contribution in [2.45, 2.75) is 82.9 Å². The minimum Gasteiger partial charge on any atom is -0.481 e. The van der Waals surface area contributed by atoms with E-state index in [1.165, 1.54) is 16.7 Å². The Kier molecular flexibility index (Phi) is 10.8. The van der Waals surface area contributed by atoms with E-state index in [9.17, 15) is 18.3 Å². The number of carbonyl (C=O) groups excluding carboxylic acids is 1. The number of likely N-dealkylation sites (tertiary alicyclic amines) is 2. The Labute approximate surface area is 345 Å². The number of aromatic nitrogens is 3. The highest BCUT2D eigenvalue weighted by Gasteiger charge is 2.39. The number of aliphatic hydroxyl groups is 1. The summed E-state index contributed by atoms with van der Waals surface area (Å²) < 4.78 is 39.3. The fraction of sp³-hybridized carbons (Fsp3) is 0.422. The highest BCUT2D eigenvalue weighted by Crippen LogP contribution is 2.43. The Balaban J connectivity index is 0.889. The van der Waals surface area contributed by atoms with Gasteiger partial charge in [-0.15, -0.1) is 0 Å². The number of methoxy groups -OCH3 is 1. The zero-order valence-corrected chi connectivity index (χ0v) is 34.6. The first-order chi connectivity index (χ1) is 28.5. The molecule has 3 N–H and O–H groups in total. The van der Waals surface area contributed by atoms with E-state index in [1.54, 1.807) is 13.3 Å². The highest BCUT2D eigenvalue weighted by molar-refractivity contribution is 7.90. The molecule has 3 atom stereocenters. The number of nitrogens with one attached hydrogen (secondary N) is 2. The maximum atomic E-state index is 12.7. The number of nitrogens with zero attached hydrogens (tertiary/aromatic N) is 5. The number of fused-ring (bicyclic) bond motifs is 2. The van der Waals surface area contributed by atoms with Crippen molar-refractivity contribution in [1.29, 1.82) is 0 Å². The van der Waals surface area contributed by atoms with Crippen molar-refractivity contribution in [2.24, 2.45) is 5.92 Å². The molecule has 0 spiro atoms. The van der Waals surface area contributed by atoms with Gasteiger partial charge in [0.2, 0.25) is 27.7 Å². The quantitative estimate of drug-likeness (QED) is 0.125. The van der Waals surface area contributed by atoms with Gasteiger partial charge >= 0.3 is 0 Å². The number of aliphatic hydroxyl groups excluding tert-OH is 1. The van der Waals surface area contributed by atoms with E-state index >= 15 is 0 Å². The summed E-state index contributed by atoms with van der Waals surface area (Å²) in [5.74, 6) is 1.06. The zero-order valence-electron chi connectivity index (χ0n) is 33.8. The maximum Gasteiger partial charge on any atom is 0.237 e. The van der Waals surface area contributed by atoms with Gasteiger partial charge in [-0.2, -0.15) is 4.98 Å². The van der Waals surface area contributed by atoms with Crippen LogP contribution in [0.2, 0.25) is 0 Å². The molecule has 14 heteroatoms. The van der Waals surface area contributed by atoms with Gasteiger partial charge in [0.05, 0.1) is 24.4 Å². The van der Waals surface area contributed by atoms with Gasteiger partial charge in [-0.05, 0) is 117 Å². The average molecular weight is 818 g/mol. The number of carbonyl (C=O) groups is 1. The van der Waals surface area contributed by atoms with Gasteiger partial charge in [-0.25, -0.2) is 13.4 Å². The third kappa shape index (κ3) is 8.23. The average Bonchev–Trinajstić information content (AvgIpc) is 3.67. The monoisotopic (exact) mass is 817 g/mol. The van der Waals surface area contributed by atoms with Crippen molar-refractivity contribution >= 4 is 38.3 Å². The summed E-state index contributed by atoms with van der Waals surface area (Å²) in [4.78, 5) is 31.5. The topological polar surface area (TPSA) is 159 Å². The number of amides is 1. The van der Waals surface area contributed by atoms with E-state index < -0.39 is 21.2 Å². The molecule has 59 heavy (non-hydrogen) atoms. The van der Waals surface area contributed by atoms with Crippen molar-refractivity contribution in [3.05, 3.63) is 100 Å². The summed E-state index contributed by atoms with van der Waals surface area (Å²) in [6, 6.07) is 18.9. The standard InChI is InChI=1S/C45H51N7O6S/c1-27-20-32(25-52-19-16-33(53)26-52)45(57-3)49-44(27)58-40-13-12-37-36(7-4-8-38(37)40)35-6-5-9-39(28(35)2)48-42-41-30(14-17-46-42)21-29(22-47-41)23-51-18-15-31(24-51)43(54)50-59(55,56)34-10-11-34/h4-9,14,17,20-22,31,33-34,40,53H,10-13,15-16,18-19,23-26H2,1-3H3,(H,46,48)(H,50,54)/t31-,33-,40-/m1/s1. The third-order valence-electron chi connectivity index (χ3n) is 12.3. The number of pyridine rings is 3. The predicted octanol–water partition coefficient (Wildman–Crippen LogP) is 6.12. The molecule has 2 aromatic carbocycles. The fourth-order valence-electron chi connectivity index (χ4n) is 8.98. The van der Waals surface area contributed by atoms with E-state index in [0.717, 1.165) is 70.2 Å². The van der Waals surface area contributed by atoms with Crippen LogP contribution in [0, 0.1) is 19.8 Å². The third-order valence-corrected chi connectivity index (χ3v) is 14.1. The number of rotatable bonds is 13. The lowest BCUT2D eigenvalue weighted by molar-refractivity contribution is -0.122. The first-order valence-corrected chi connectivity index (χ1v) is 22.2. The van der Waals surface area contributed by atoms with Gasteiger partial charge in [-0.3, -0.25) is 24.3 Å². The minimum absolute atomic E-state index is 0.139. The molecule has 0 bridgehead atoms. The highest BCUT2D eigenvalue weighted by atomic mass is 32.2. The molecule has 1 amide bonds. The summed E-state index contributed by atoms with van der Waals surface area (Å²) in [6.45, 7) is 8.17. The molecular formula is C45H51N7O6S. The van der Waals surface area contributed by atoms with Crippen LogP contribution in [0.25, 0.3) is 22.0 Å². The second-order valence-corrected chi connectivity index (χ2v) is 18.5. The molecule has 13 nitrogen and oxygen atoms in total. The zero-order chi connectivity index (χ0) is 40.8. The number of aryl methyl sites for hydroxylation is 1. The first-order valence-electron chi connectivity index (χ1n) is 20.6. The van der Waals surface area contributed by atoms with Crippen molar-refractivity contribution in [2.75, 3.05) is 38.6 Å². The molecule has 308 valence electrons.